The summed E-state index contributed by atoms with van der Waals surface area (Å²) >= 11 is 0. The zero-order valence-corrected chi connectivity index (χ0v) is 8.77. The lowest BCUT2D eigenvalue weighted by molar-refractivity contribution is 1.20. The molecule has 2 nitrogen and oxygen atoms in total. The van der Waals surface area contributed by atoms with Crippen molar-refractivity contribution in [2.45, 2.75) is 6.92 Å². The first kappa shape index (κ1) is 9.71. The molecule has 0 aliphatic heterocycles. The molecule has 0 aliphatic rings. The highest BCUT2D eigenvalue weighted by Crippen LogP contribution is 2.19. The Balaban J connectivity index is 2.33. The number of rotatable bonds is 3. The first-order valence-electron chi connectivity index (χ1n) is 5.15. The third-order valence-corrected chi connectivity index (χ3v) is 2.21. The number of hydrogen-bond acceptors (Lipinski definition) is 2. The molecule has 0 saturated carbocycles. The Hall–Kier alpha value is -1.83. The van der Waals surface area contributed by atoms with E-state index in [1.54, 1.807) is 0 Å². The standard InChI is InChI=1S/C13H14N2/c1-2-14-12-8-9-15-13(10-12)11-6-4-3-5-7-11/h3-10H,2H2,1H3,(H,14,15). The summed E-state index contributed by atoms with van der Waals surface area (Å²) in [5, 5.41) is 3.28. The molecule has 1 heterocycles. The average molecular weight is 198 g/mol. The molecule has 1 aromatic heterocycles. The van der Waals surface area contributed by atoms with Crippen LogP contribution in [0.5, 0.6) is 0 Å². The van der Waals surface area contributed by atoms with Crippen LogP contribution in [-0.4, -0.2) is 11.5 Å². The van der Waals surface area contributed by atoms with Crippen LogP contribution in [0.1, 0.15) is 6.92 Å². The summed E-state index contributed by atoms with van der Waals surface area (Å²) in [6.07, 6.45) is 1.83. The van der Waals surface area contributed by atoms with Crippen molar-refractivity contribution in [3.8, 4) is 11.3 Å². The van der Waals surface area contributed by atoms with Gasteiger partial charge in [0.05, 0.1) is 5.69 Å². The molecule has 1 aromatic carbocycles. The number of nitrogens with zero attached hydrogens (tertiary/aromatic N) is 1. The van der Waals surface area contributed by atoms with E-state index in [-0.39, 0.29) is 0 Å². The molecule has 0 amide bonds. The molecule has 0 aliphatic carbocycles. The van der Waals surface area contributed by atoms with Crippen LogP contribution in [0.2, 0.25) is 0 Å². The van der Waals surface area contributed by atoms with Crippen molar-refractivity contribution in [3.63, 3.8) is 0 Å². The van der Waals surface area contributed by atoms with E-state index in [4.69, 9.17) is 0 Å². The highest BCUT2D eigenvalue weighted by Gasteiger charge is 1.98. The predicted molar refractivity (Wildman–Crippen MR) is 63.8 cm³/mol. The highest BCUT2D eigenvalue weighted by atomic mass is 14.9. The summed E-state index contributed by atoms with van der Waals surface area (Å²) in [7, 11) is 0. The smallest absolute Gasteiger partial charge is 0.0722 e. The summed E-state index contributed by atoms with van der Waals surface area (Å²) in [5.41, 5.74) is 3.28. The van der Waals surface area contributed by atoms with Gasteiger partial charge in [-0.1, -0.05) is 30.3 Å². The third kappa shape index (κ3) is 2.34. The second-order valence-electron chi connectivity index (χ2n) is 3.33. The minimum atomic E-state index is 0.929. The minimum absolute atomic E-state index is 0.929. The molecule has 0 atom stereocenters. The van der Waals surface area contributed by atoms with Gasteiger partial charge in [-0.05, 0) is 19.1 Å². The second kappa shape index (κ2) is 4.60. The van der Waals surface area contributed by atoms with E-state index in [9.17, 15) is 0 Å². The van der Waals surface area contributed by atoms with Crippen LogP contribution in [0.3, 0.4) is 0 Å². The van der Waals surface area contributed by atoms with Gasteiger partial charge < -0.3 is 5.32 Å². The van der Waals surface area contributed by atoms with E-state index in [0.717, 1.165) is 23.5 Å². The summed E-state index contributed by atoms with van der Waals surface area (Å²) in [6.45, 7) is 3.01. The predicted octanol–water partition coefficient (Wildman–Crippen LogP) is 3.18. The zero-order valence-electron chi connectivity index (χ0n) is 8.77. The first-order valence-corrected chi connectivity index (χ1v) is 5.15. The van der Waals surface area contributed by atoms with E-state index in [0.29, 0.717) is 0 Å². The maximum atomic E-state index is 4.35. The van der Waals surface area contributed by atoms with Crippen LogP contribution in [0.25, 0.3) is 11.3 Å². The van der Waals surface area contributed by atoms with Crippen LogP contribution in [0.4, 0.5) is 5.69 Å². The topological polar surface area (TPSA) is 24.9 Å². The highest BCUT2D eigenvalue weighted by molar-refractivity contribution is 5.63. The lowest BCUT2D eigenvalue weighted by Gasteiger charge is -2.05. The van der Waals surface area contributed by atoms with Gasteiger partial charge in [-0.3, -0.25) is 4.98 Å². The van der Waals surface area contributed by atoms with E-state index in [2.05, 4.69) is 35.4 Å². The lowest BCUT2D eigenvalue weighted by atomic mass is 10.1. The molecule has 0 unspecified atom stereocenters. The molecule has 1 N–H and O–H groups in total. The Morgan fingerprint density at radius 1 is 1.13 bits per heavy atom. The van der Waals surface area contributed by atoms with Gasteiger partial charge in [0.2, 0.25) is 0 Å². The third-order valence-electron chi connectivity index (χ3n) is 2.21. The first-order chi connectivity index (χ1) is 7.40. The Labute approximate surface area is 90.0 Å². The molecule has 2 aromatic rings. The summed E-state index contributed by atoms with van der Waals surface area (Å²) < 4.78 is 0. The molecule has 0 saturated heterocycles. The number of anilines is 1. The molecular formula is C13H14N2. The monoisotopic (exact) mass is 198 g/mol. The van der Waals surface area contributed by atoms with E-state index >= 15 is 0 Å². The fraction of sp³-hybridized carbons (Fsp3) is 0.154. The number of hydrogen-bond donors (Lipinski definition) is 1. The van der Waals surface area contributed by atoms with E-state index in [1.165, 1.54) is 0 Å². The van der Waals surface area contributed by atoms with Crippen LogP contribution in [0.15, 0.2) is 48.7 Å². The van der Waals surface area contributed by atoms with Crippen molar-refractivity contribution in [1.29, 1.82) is 0 Å². The summed E-state index contributed by atoms with van der Waals surface area (Å²) in [6, 6.07) is 14.2. The number of pyridine rings is 1. The average Bonchev–Trinajstić information content (AvgIpc) is 2.31. The van der Waals surface area contributed by atoms with Gasteiger partial charge in [0.15, 0.2) is 0 Å². The molecule has 0 spiro atoms. The fourth-order valence-corrected chi connectivity index (χ4v) is 1.51. The van der Waals surface area contributed by atoms with Crippen molar-refractivity contribution in [2.75, 3.05) is 11.9 Å². The molecule has 0 fully saturated rings. The molecule has 0 radical (unpaired) electrons. The number of nitrogens with one attached hydrogen (secondary N) is 1. The van der Waals surface area contributed by atoms with Gasteiger partial charge >= 0.3 is 0 Å². The molecule has 76 valence electrons. The van der Waals surface area contributed by atoms with Gasteiger partial charge in [0.1, 0.15) is 0 Å². The molecule has 15 heavy (non-hydrogen) atoms. The molecule has 2 heteroatoms. The van der Waals surface area contributed by atoms with Crippen molar-refractivity contribution < 1.29 is 0 Å². The fourth-order valence-electron chi connectivity index (χ4n) is 1.51. The zero-order chi connectivity index (χ0) is 10.5. The van der Waals surface area contributed by atoms with E-state index in [1.807, 2.05) is 30.5 Å². The van der Waals surface area contributed by atoms with Crippen molar-refractivity contribution in [3.05, 3.63) is 48.7 Å². The van der Waals surface area contributed by atoms with Gasteiger partial charge in [-0.15, -0.1) is 0 Å². The lowest BCUT2D eigenvalue weighted by Crippen LogP contribution is -1.96. The summed E-state index contributed by atoms with van der Waals surface area (Å²) in [4.78, 5) is 4.35. The summed E-state index contributed by atoms with van der Waals surface area (Å²) in [5.74, 6) is 0. The van der Waals surface area contributed by atoms with Gasteiger partial charge in [0, 0.05) is 24.0 Å². The number of aromatic nitrogens is 1. The maximum Gasteiger partial charge on any atom is 0.0722 e. The number of benzene rings is 1. The minimum Gasteiger partial charge on any atom is -0.385 e. The van der Waals surface area contributed by atoms with Gasteiger partial charge in [-0.25, -0.2) is 0 Å². The Morgan fingerprint density at radius 2 is 1.93 bits per heavy atom. The molecular weight excluding hydrogens is 184 g/mol. The van der Waals surface area contributed by atoms with Crippen molar-refractivity contribution in [2.24, 2.45) is 0 Å². The van der Waals surface area contributed by atoms with Crippen LogP contribution < -0.4 is 5.32 Å². The Bertz CT molecular complexity index is 424. The van der Waals surface area contributed by atoms with Crippen LogP contribution in [0, 0.1) is 0 Å². The van der Waals surface area contributed by atoms with Gasteiger partial charge in [-0.2, -0.15) is 0 Å². The normalized spacial score (nSPS) is 9.93. The maximum absolute atomic E-state index is 4.35. The van der Waals surface area contributed by atoms with Gasteiger partial charge in [0.25, 0.3) is 0 Å². The largest absolute Gasteiger partial charge is 0.385 e. The Morgan fingerprint density at radius 3 is 2.67 bits per heavy atom. The van der Waals surface area contributed by atoms with Crippen molar-refractivity contribution >= 4 is 5.69 Å². The molecule has 0 bridgehead atoms. The second-order valence-corrected chi connectivity index (χ2v) is 3.33. The molecule has 2 rings (SSSR count). The quantitative estimate of drug-likeness (QED) is 0.819. The SMILES string of the molecule is CCNc1ccnc(-c2ccccc2)c1. The Kier molecular flexibility index (Phi) is 2.98. The van der Waals surface area contributed by atoms with E-state index < -0.39 is 0 Å². The van der Waals surface area contributed by atoms with Crippen LogP contribution in [-0.2, 0) is 0 Å². The van der Waals surface area contributed by atoms with Crippen LogP contribution >= 0.6 is 0 Å². The van der Waals surface area contributed by atoms with Crippen molar-refractivity contribution in [1.82, 2.24) is 4.98 Å².